The second kappa shape index (κ2) is 11.3. The zero-order valence-corrected chi connectivity index (χ0v) is 16.6. The van der Waals surface area contributed by atoms with Crippen LogP contribution in [0.4, 0.5) is 13.2 Å². The van der Waals surface area contributed by atoms with Crippen molar-refractivity contribution in [1.82, 2.24) is 10.4 Å². The van der Waals surface area contributed by atoms with E-state index in [1.165, 1.54) is 50.7 Å². The molecule has 7 heteroatoms. The Hall–Kier alpha value is -1.76. The van der Waals surface area contributed by atoms with E-state index in [-0.39, 0.29) is 24.4 Å². The highest BCUT2D eigenvalue weighted by Gasteiger charge is 2.46. The summed E-state index contributed by atoms with van der Waals surface area (Å²) in [6.45, 7) is 2.82. The van der Waals surface area contributed by atoms with Crippen molar-refractivity contribution in [1.29, 1.82) is 0 Å². The molecule has 1 saturated heterocycles. The molecule has 158 valence electrons. The SMILES string of the molecule is CCCCCCCCCCOc1ccc([C@H](N2CCC(=O)N2)C(F)(F)F)cc1. The molecule has 1 aliphatic rings. The predicted molar refractivity (Wildman–Crippen MR) is 103 cm³/mol. The lowest BCUT2D eigenvalue weighted by Gasteiger charge is -2.29. The van der Waals surface area contributed by atoms with Crippen molar-refractivity contribution in [3.05, 3.63) is 29.8 Å². The molecule has 28 heavy (non-hydrogen) atoms. The lowest BCUT2D eigenvalue weighted by atomic mass is 10.1. The molecule has 0 bridgehead atoms. The molecule has 1 N–H and O–H groups in total. The number of hydrogen-bond donors (Lipinski definition) is 1. The summed E-state index contributed by atoms with van der Waals surface area (Å²) in [5.41, 5.74) is 2.38. The molecule has 1 heterocycles. The molecule has 0 radical (unpaired) electrons. The first kappa shape index (κ1) is 22.5. The predicted octanol–water partition coefficient (Wildman–Crippen LogP) is 5.55. The van der Waals surface area contributed by atoms with Crippen molar-refractivity contribution in [2.24, 2.45) is 0 Å². The van der Waals surface area contributed by atoms with Crippen LogP contribution in [-0.4, -0.2) is 30.2 Å². The second-order valence-corrected chi connectivity index (χ2v) is 7.31. The average molecular weight is 400 g/mol. The van der Waals surface area contributed by atoms with Gasteiger partial charge < -0.3 is 4.74 Å². The van der Waals surface area contributed by atoms with Crippen molar-refractivity contribution >= 4 is 5.91 Å². The third-order valence-electron chi connectivity index (χ3n) is 4.93. The standard InChI is InChI=1S/C21H31F3N2O2/c1-2-3-4-5-6-7-8-9-16-28-18-12-10-17(11-13-18)20(21(22,23)24)26-15-14-19(27)25-26/h10-13,20H,2-9,14-16H2,1H3,(H,25,27)/t20-/m0/s1. The Morgan fingerprint density at radius 1 is 1.04 bits per heavy atom. The van der Waals surface area contributed by atoms with Crippen LogP contribution in [0.15, 0.2) is 24.3 Å². The minimum absolute atomic E-state index is 0.0414. The molecule has 0 saturated carbocycles. The van der Waals surface area contributed by atoms with E-state index in [4.69, 9.17) is 4.74 Å². The normalized spacial score (nSPS) is 16.2. The van der Waals surface area contributed by atoms with Gasteiger partial charge in [0.25, 0.3) is 0 Å². The highest BCUT2D eigenvalue weighted by atomic mass is 19.4. The van der Waals surface area contributed by atoms with Gasteiger partial charge in [-0.05, 0) is 24.1 Å². The summed E-state index contributed by atoms with van der Waals surface area (Å²) in [6.07, 6.45) is 5.25. The highest BCUT2D eigenvalue weighted by molar-refractivity contribution is 5.77. The molecule has 0 aromatic heterocycles. The van der Waals surface area contributed by atoms with Gasteiger partial charge in [-0.2, -0.15) is 13.2 Å². The zero-order valence-electron chi connectivity index (χ0n) is 16.6. The van der Waals surface area contributed by atoms with Crippen LogP contribution in [0.5, 0.6) is 5.75 Å². The fraction of sp³-hybridized carbons (Fsp3) is 0.667. The molecule has 1 fully saturated rings. The first-order chi connectivity index (χ1) is 13.4. The fourth-order valence-corrected chi connectivity index (χ4v) is 3.41. The number of carbonyl (C=O) groups is 1. The van der Waals surface area contributed by atoms with Crippen LogP contribution in [0, 0.1) is 0 Å². The Labute approximate surface area is 165 Å². The molecule has 1 aromatic rings. The van der Waals surface area contributed by atoms with Crippen LogP contribution < -0.4 is 10.2 Å². The van der Waals surface area contributed by atoms with Crippen molar-refractivity contribution in [2.45, 2.75) is 76.9 Å². The monoisotopic (exact) mass is 400 g/mol. The molecule has 1 aliphatic heterocycles. The van der Waals surface area contributed by atoms with Crippen LogP contribution in [0.1, 0.15) is 76.3 Å². The molecule has 1 amide bonds. The van der Waals surface area contributed by atoms with E-state index in [0.29, 0.717) is 12.4 Å². The summed E-state index contributed by atoms with van der Waals surface area (Å²) in [4.78, 5) is 11.3. The van der Waals surface area contributed by atoms with Gasteiger partial charge in [-0.25, -0.2) is 5.01 Å². The van der Waals surface area contributed by atoms with Crippen LogP contribution in [0.2, 0.25) is 0 Å². The van der Waals surface area contributed by atoms with E-state index >= 15 is 0 Å². The number of rotatable bonds is 12. The summed E-state index contributed by atoms with van der Waals surface area (Å²) in [5, 5.41) is 0.957. The van der Waals surface area contributed by atoms with Gasteiger partial charge in [0.05, 0.1) is 6.61 Å². The van der Waals surface area contributed by atoms with E-state index in [2.05, 4.69) is 12.3 Å². The van der Waals surface area contributed by atoms with Gasteiger partial charge in [-0.1, -0.05) is 64.0 Å². The summed E-state index contributed by atoms with van der Waals surface area (Å²) in [7, 11) is 0. The van der Waals surface area contributed by atoms with E-state index in [0.717, 1.165) is 17.9 Å². The van der Waals surface area contributed by atoms with Gasteiger partial charge in [-0.3, -0.25) is 10.2 Å². The van der Waals surface area contributed by atoms with E-state index in [1.54, 1.807) is 12.1 Å². The third-order valence-corrected chi connectivity index (χ3v) is 4.93. The Morgan fingerprint density at radius 2 is 1.64 bits per heavy atom. The number of hydrogen-bond acceptors (Lipinski definition) is 3. The Balaban J connectivity index is 1.76. The Kier molecular flexibility index (Phi) is 9.09. The molecule has 1 aromatic carbocycles. The maximum Gasteiger partial charge on any atom is 0.409 e. The average Bonchev–Trinajstić information content (AvgIpc) is 3.06. The first-order valence-corrected chi connectivity index (χ1v) is 10.3. The van der Waals surface area contributed by atoms with Crippen molar-refractivity contribution in [3.8, 4) is 5.75 Å². The molecular formula is C21H31F3N2O2. The molecule has 0 spiro atoms. The first-order valence-electron chi connectivity index (χ1n) is 10.3. The number of unbranched alkanes of at least 4 members (excludes halogenated alkanes) is 7. The van der Waals surface area contributed by atoms with Crippen molar-refractivity contribution in [3.63, 3.8) is 0 Å². The number of nitrogens with one attached hydrogen (secondary N) is 1. The van der Waals surface area contributed by atoms with Crippen LogP contribution in [0.3, 0.4) is 0 Å². The number of nitrogens with zero attached hydrogens (tertiary/aromatic N) is 1. The number of benzene rings is 1. The van der Waals surface area contributed by atoms with Gasteiger partial charge >= 0.3 is 6.18 Å². The number of hydrazine groups is 1. The zero-order chi connectivity index (χ0) is 20.4. The number of carbonyl (C=O) groups excluding carboxylic acids is 1. The molecule has 1 atom stereocenters. The van der Waals surface area contributed by atoms with Gasteiger partial charge in [0.2, 0.25) is 5.91 Å². The minimum Gasteiger partial charge on any atom is -0.494 e. The van der Waals surface area contributed by atoms with E-state index in [9.17, 15) is 18.0 Å². The Morgan fingerprint density at radius 3 is 2.18 bits per heavy atom. The summed E-state index contributed by atoms with van der Waals surface area (Å²) in [6, 6.07) is 4.13. The van der Waals surface area contributed by atoms with Gasteiger partial charge in [0.1, 0.15) is 11.8 Å². The van der Waals surface area contributed by atoms with E-state index in [1.807, 2.05) is 0 Å². The fourth-order valence-electron chi connectivity index (χ4n) is 3.41. The van der Waals surface area contributed by atoms with Gasteiger partial charge in [-0.15, -0.1) is 0 Å². The maximum atomic E-state index is 13.5. The number of amides is 1. The minimum atomic E-state index is -4.48. The lowest BCUT2D eigenvalue weighted by molar-refractivity contribution is -0.191. The molecule has 0 unspecified atom stereocenters. The van der Waals surface area contributed by atoms with Crippen molar-refractivity contribution < 1.29 is 22.7 Å². The molecule has 0 aliphatic carbocycles. The smallest absolute Gasteiger partial charge is 0.409 e. The Bertz CT molecular complexity index is 590. The quantitative estimate of drug-likeness (QED) is 0.468. The van der Waals surface area contributed by atoms with E-state index < -0.39 is 12.2 Å². The second-order valence-electron chi connectivity index (χ2n) is 7.31. The summed E-state index contributed by atoms with van der Waals surface area (Å²) >= 11 is 0. The summed E-state index contributed by atoms with van der Waals surface area (Å²) < 4.78 is 46.1. The molecule has 2 rings (SSSR count). The number of ether oxygens (including phenoxy) is 1. The number of alkyl halides is 3. The maximum absolute atomic E-state index is 13.5. The number of halogens is 3. The molecule has 4 nitrogen and oxygen atoms in total. The largest absolute Gasteiger partial charge is 0.494 e. The van der Waals surface area contributed by atoms with Crippen LogP contribution in [-0.2, 0) is 4.79 Å². The topological polar surface area (TPSA) is 41.6 Å². The van der Waals surface area contributed by atoms with Gasteiger partial charge in [0.15, 0.2) is 0 Å². The summed E-state index contributed by atoms with van der Waals surface area (Å²) in [5.74, 6) is 0.178. The third kappa shape index (κ3) is 7.34. The molecular weight excluding hydrogens is 369 g/mol. The lowest BCUT2D eigenvalue weighted by Crippen LogP contribution is -2.43. The van der Waals surface area contributed by atoms with Crippen LogP contribution >= 0.6 is 0 Å². The van der Waals surface area contributed by atoms with Gasteiger partial charge in [0, 0.05) is 13.0 Å². The van der Waals surface area contributed by atoms with Crippen LogP contribution in [0.25, 0.3) is 0 Å². The highest BCUT2D eigenvalue weighted by Crippen LogP contribution is 2.38. The van der Waals surface area contributed by atoms with Crippen molar-refractivity contribution in [2.75, 3.05) is 13.2 Å².